The molecule has 4 rings (SSSR count). The van der Waals surface area contributed by atoms with E-state index in [-0.39, 0.29) is 5.41 Å². The molecule has 2 aromatic rings. The van der Waals surface area contributed by atoms with Gasteiger partial charge in [0.1, 0.15) is 5.75 Å². The molecule has 2 aliphatic rings. The van der Waals surface area contributed by atoms with Crippen LogP contribution in [0.3, 0.4) is 0 Å². The number of rotatable bonds is 4. The smallest absolute Gasteiger partial charge is 0.203 e. The van der Waals surface area contributed by atoms with E-state index in [1.165, 1.54) is 18.6 Å². The van der Waals surface area contributed by atoms with Crippen molar-refractivity contribution in [3.8, 4) is 17.0 Å². The fourth-order valence-corrected chi connectivity index (χ4v) is 5.09. The second kappa shape index (κ2) is 5.84. The average Bonchev–Trinajstić information content (AvgIpc) is 3.22. The van der Waals surface area contributed by atoms with Gasteiger partial charge in [-0.1, -0.05) is 20.8 Å². The summed E-state index contributed by atoms with van der Waals surface area (Å²) < 4.78 is 5.21. The maximum atomic E-state index is 5.21. The lowest BCUT2D eigenvalue weighted by Gasteiger charge is -2.34. The Morgan fingerprint density at radius 2 is 2.00 bits per heavy atom. The fraction of sp³-hybridized carbons (Fsp3) is 0.500. The second-order valence-corrected chi connectivity index (χ2v) is 8.79. The van der Waals surface area contributed by atoms with Crippen LogP contribution in [-0.2, 0) is 0 Å². The molecule has 1 aromatic carbocycles. The number of hydrogen-bond acceptors (Lipinski definition) is 5. The quantitative estimate of drug-likeness (QED) is 0.744. The summed E-state index contributed by atoms with van der Waals surface area (Å²) in [5.41, 5.74) is 7.16. The highest BCUT2D eigenvalue weighted by molar-refractivity contribution is 7.14. The number of methoxy groups -OCH3 is 1. The molecule has 5 heteroatoms. The van der Waals surface area contributed by atoms with Crippen LogP contribution < -0.4 is 10.2 Å². The summed E-state index contributed by atoms with van der Waals surface area (Å²) in [6.07, 6.45) is 3.70. The van der Waals surface area contributed by atoms with Gasteiger partial charge in [0.25, 0.3) is 0 Å². The molecule has 1 N–H and O–H groups in total. The van der Waals surface area contributed by atoms with Crippen LogP contribution in [-0.4, -0.2) is 17.8 Å². The summed E-state index contributed by atoms with van der Waals surface area (Å²) in [6.45, 7) is 7.18. The van der Waals surface area contributed by atoms with Crippen molar-refractivity contribution in [3.63, 3.8) is 0 Å². The minimum absolute atomic E-state index is 0.223. The molecular formula is C20H25N3OS. The molecule has 0 aliphatic heterocycles. The molecule has 0 saturated heterocycles. The van der Waals surface area contributed by atoms with Crippen LogP contribution in [0.25, 0.3) is 11.3 Å². The van der Waals surface area contributed by atoms with Crippen LogP contribution in [0.4, 0.5) is 5.13 Å². The first-order chi connectivity index (χ1) is 11.9. The first kappa shape index (κ1) is 16.6. The number of anilines is 1. The molecular weight excluding hydrogens is 330 g/mol. The molecule has 0 spiro atoms. The lowest BCUT2D eigenvalue weighted by atomic mass is 9.70. The lowest BCUT2D eigenvalue weighted by Crippen LogP contribution is -2.32. The Bertz CT molecular complexity index is 809. The van der Waals surface area contributed by atoms with Gasteiger partial charge in [-0.05, 0) is 54.9 Å². The van der Waals surface area contributed by atoms with Gasteiger partial charge in [-0.15, -0.1) is 11.3 Å². The molecule has 132 valence electrons. The van der Waals surface area contributed by atoms with Gasteiger partial charge in [0.15, 0.2) is 0 Å². The summed E-state index contributed by atoms with van der Waals surface area (Å²) >= 11 is 1.60. The van der Waals surface area contributed by atoms with E-state index in [9.17, 15) is 0 Å². The monoisotopic (exact) mass is 355 g/mol. The first-order valence-electron chi connectivity index (χ1n) is 8.87. The normalized spacial score (nSPS) is 28.5. The predicted octanol–water partition coefficient (Wildman–Crippen LogP) is 5.43. The Labute approximate surface area is 153 Å². The average molecular weight is 356 g/mol. The summed E-state index contributed by atoms with van der Waals surface area (Å²) in [5.74, 6) is 1.63. The van der Waals surface area contributed by atoms with E-state index < -0.39 is 0 Å². The first-order valence-corrected chi connectivity index (χ1v) is 9.75. The summed E-state index contributed by atoms with van der Waals surface area (Å²) in [6, 6.07) is 7.98. The van der Waals surface area contributed by atoms with E-state index in [4.69, 9.17) is 9.84 Å². The van der Waals surface area contributed by atoms with Gasteiger partial charge in [0.05, 0.1) is 12.8 Å². The molecule has 1 aromatic heterocycles. The molecule has 2 aliphatic carbocycles. The van der Waals surface area contributed by atoms with E-state index in [0.29, 0.717) is 5.41 Å². The maximum Gasteiger partial charge on any atom is 0.203 e. The molecule has 0 amide bonds. The van der Waals surface area contributed by atoms with Crippen LogP contribution >= 0.6 is 11.3 Å². The highest BCUT2D eigenvalue weighted by Crippen LogP contribution is 2.63. The molecule has 25 heavy (non-hydrogen) atoms. The van der Waals surface area contributed by atoms with E-state index in [2.05, 4.69) is 36.6 Å². The summed E-state index contributed by atoms with van der Waals surface area (Å²) in [4.78, 5) is 4.68. The lowest BCUT2D eigenvalue weighted by molar-refractivity contribution is 0.194. The van der Waals surface area contributed by atoms with Crippen molar-refractivity contribution in [2.45, 2.75) is 40.0 Å². The van der Waals surface area contributed by atoms with Crippen molar-refractivity contribution in [1.29, 1.82) is 0 Å². The van der Waals surface area contributed by atoms with Gasteiger partial charge in [-0.25, -0.2) is 4.98 Å². The van der Waals surface area contributed by atoms with E-state index >= 15 is 0 Å². The molecule has 1 heterocycles. The molecule has 2 bridgehead atoms. The molecule has 0 unspecified atom stereocenters. The van der Waals surface area contributed by atoms with Gasteiger partial charge in [-0.2, -0.15) is 5.10 Å². The zero-order valence-corrected chi connectivity index (χ0v) is 16.1. The van der Waals surface area contributed by atoms with Crippen molar-refractivity contribution < 1.29 is 4.74 Å². The van der Waals surface area contributed by atoms with Crippen molar-refractivity contribution in [2.75, 3.05) is 12.5 Å². The highest BCUT2D eigenvalue weighted by Gasteiger charge is 2.59. The van der Waals surface area contributed by atoms with E-state index in [1.807, 2.05) is 24.3 Å². The maximum absolute atomic E-state index is 5.21. The largest absolute Gasteiger partial charge is 0.497 e. The minimum Gasteiger partial charge on any atom is -0.497 e. The van der Waals surface area contributed by atoms with E-state index in [0.717, 1.165) is 34.5 Å². The highest BCUT2D eigenvalue weighted by atomic mass is 32.1. The third-order valence-electron chi connectivity index (χ3n) is 6.69. The molecule has 0 radical (unpaired) electrons. The Morgan fingerprint density at radius 3 is 2.60 bits per heavy atom. The fourth-order valence-electron chi connectivity index (χ4n) is 4.43. The Hall–Kier alpha value is -1.88. The van der Waals surface area contributed by atoms with Crippen molar-refractivity contribution >= 4 is 22.2 Å². The number of hydrazone groups is 1. The third-order valence-corrected chi connectivity index (χ3v) is 7.44. The second-order valence-electron chi connectivity index (χ2n) is 7.93. The Kier molecular flexibility index (Phi) is 3.87. The number of hydrogen-bond donors (Lipinski definition) is 1. The van der Waals surface area contributed by atoms with Crippen molar-refractivity contribution in [3.05, 3.63) is 29.6 Å². The van der Waals surface area contributed by atoms with Crippen molar-refractivity contribution in [1.82, 2.24) is 4.98 Å². The topological polar surface area (TPSA) is 46.5 Å². The van der Waals surface area contributed by atoms with Crippen LogP contribution in [0.15, 0.2) is 34.7 Å². The van der Waals surface area contributed by atoms with Crippen LogP contribution in [0.1, 0.15) is 40.0 Å². The van der Waals surface area contributed by atoms with Gasteiger partial charge >= 0.3 is 0 Å². The number of ether oxygens (including phenoxy) is 1. The predicted molar refractivity (Wildman–Crippen MR) is 104 cm³/mol. The number of nitrogens with zero attached hydrogens (tertiary/aromatic N) is 2. The molecule has 2 saturated carbocycles. The van der Waals surface area contributed by atoms with Gasteiger partial charge in [-0.3, -0.25) is 5.43 Å². The number of nitrogens with one attached hydrogen (secondary N) is 1. The SMILES string of the molecule is COc1ccc(-c2csc(N/N=C3/C[C@H]4CC[C@]3(C)C4(C)C)n2)cc1. The molecule has 2 fully saturated rings. The van der Waals surface area contributed by atoms with Gasteiger partial charge in [0, 0.05) is 22.1 Å². The van der Waals surface area contributed by atoms with Crippen LogP contribution in [0.2, 0.25) is 0 Å². The number of thiazole rings is 1. The van der Waals surface area contributed by atoms with Gasteiger partial charge in [0.2, 0.25) is 5.13 Å². The van der Waals surface area contributed by atoms with Crippen LogP contribution in [0, 0.1) is 16.7 Å². The zero-order valence-electron chi connectivity index (χ0n) is 15.3. The number of aromatic nitrogens is 1. The molecule has 2 atom stereocenters. The minimum atomic E-state index is 0.223. The van der Waals surface area contributed by atoms with Crippen molar-refractivity contribution in [2.24, 2.45) is 21.8 Å². The standard InChI is InChI=1S/C20H25N3OS/c1-19(2)14-9-10-20(19,3)17(11-14)22-23-18-21-16(12-25-18)13-5-7-15(24-4)8-6-13/h5-8,12,14H,9-11H2,1-4H3,(H,21,23)/b22-17-/t14-,20+/m1/s1. The summed E-state index contributed by atoms with van der Waals surface area (Å²) in [5, 5.41) is 7.69. The Balaban J connectivity index is 1.50. The van der Waals surface area contributed by atoms with Gasteiger partial charge < -0.3 is 4.74 Å². The summed E-state index contributed by atoms with van der Waals surface area (Å²) in [7, 11) is 1.68. The number of fused-ring (bicyclic) bond motifs is 2. The molecule has 4 nitrogen and oxygen atoms in total. The number of benzene rings is 1. The van der Waals surface area contributed by atoms with E-state index in [1.54, 1.807) is 18.4 Å². The Morgan fingerprint density at radius 1 is 1.24 bits per heavy atom. The third kappa shape index (κ3) is 2.56. The zero-order chi connectivity index (χ0) is 17.7. The van der Waals surface area contributed by atoms with Crippen LogP contribution in [0.5, 0.6) is 5.75 Å².